The van der Waals surface area contributed by atoms with Gasteiger partial charge in [-0.3, -0.25) is 4.79 Å². The first-order valence-corrected chi connectivity index (χ1v) is 6.60. The molecule has 0 spiro atoms. The SMILES string of the molecule is CC(C)CNC(=O)CSc1ccccc1Cl. The summed E-state index contributed by atoms with van der Waals surface area (Å²) in [6.07, 6.45) is 0. The number of hydrogen-bond donors (Lipinski definition) is 1. The van der Waals surface area contributed by atoms with Gasteiger partial charge >= 0.3 is 0 Å². The Bertz CT molecular complexity index is 355. The molecule has 4 heteroatoms. The quantitative estimate of drug-likeness (QED) is 0.821. The molecule has 0 aliphatic heterocycles. The van der Waals surface area contributed by atoms with Crippen molar-refractivity contribution in [2.45, 2.75) is 18.7 Å². The van der Waals surface area contributed by atoms with Gasteiger partial charge in [-0.05, 0) is 18.1 Å². The molecule has 0 aromatic heterocycles. The standard InChI is InChI=1S/C12H16ClNOS/c1-9(2)7-14-12(15)8-16-11-6-4-3-5-10(11)13/h3-6,9H,7-8H2,1-2H3,(H,14,15). The number of rotatable bonds is 5. The number of carbonyl (C=O) groups excluding carboxylic acids is 1. The number of nitrogens with one attached hydrogen (secondary N) is 1. The van der Waals surface area contributed by atoms with Crippen LogP contribution in [-0.2, 0) is 4.79 Å². The minimum absolute atomic E-state index is 0.0543. The number of benzene rings is 1. The van der Waals surface area contributed by atoms with Crippen LogP contribution in [0.2, 0.25) is 5.02 Å². The van der Waals surface area contributed by atoms with Crippen LogP contribution in [0, 0.1) is 5.92 Å². The van der Waals surface area contributed by atoms with Crippen molar-refractivity contribution < 1.29 is 4.79 Å². The Morgan fingerprint density at radius 1 is 1.44 bits per heavy atom. The molecule has 0 aliphatic rings. The Balaban J connectivity index is 2.35. The summed E-state index contributed by atoms with van der Waals surface area (Å²) in [6, 6.07) is 7.55. The predicted molar refractivity (Wildman–Crippen MR) is 70.0 cm³/mol. The first-order valence-electron chi connectivity index (χ1n) is 5.23. The van der Waals surface area contributed by atoms with Crippen molar-refractivity contribution in [1.29, 1.82) is 0 Å². The van der Waals surface area contributed by atoms with E-state index in [1.165, 1.54) is 11.8 Å². The van der Waals surface area contributed by atoms with Crippen molar-refractivity contribution >= 4 is 29.3 Å². The van der Waals surface area contributed by atoms with Gasteiger partial charge in [-0.15, -0.1) is 11.8 Å². The van der Waals surface area contributed by atoms with E-state index < -0.39 is 0 Å². The van der Waals surface area contributed by atoms with Crippen LogP contribution in [0.15, 0.2) is 29.2 Å². The number of halogens is 1. The summed E-state index contributed by atoms with van der Waals surface area (Å²) < 4.78 is 0. The van der Waals surface area contributed by atoms with E-state index in [0.29, 0.717) is 16.7 Å². The van der Waals surface area contributed by atoms with Gasteiger partial charge in [0.15, 0.2) is 0 Å². The summed E-state index contributed by atoms with van der Waals surface area (Å²) in [4.78, 5) is 12.4. The zero-order valence-corrected chi connectivity index (χ0v) is 11.1. The number of thioether (sulfide) groups is 1. The molecule has 0 aliphatic carbocycles. The lowest BCUT2D eigenvalue weighted by Crippen LogP contribution is -2.28. The Kier molecular flexibility index (Phi) is 5.71. The fourth-order valence-electron chi connectivity index (χ4n) is 1.07. The van der Waals surface area contributed by atoms with Crippen LogP contribution in [0.25, 0.3) is 0 Å². The summed E-state index contributed by atoms with van der Waals surface area (Å²) >= 11 is 7.45. The molecule has 1 aromatic carbocycles. The smallest absolute Gasteiger partial charge is 0.230 e. The number of hydrogen-bond acceptors (Lipinski definition) is 2. The van der Waals surface area contributed by atoms with Crippen molar-refractivity contribution in [3.8, 4) is 0 Å². The van der Waals surface area contributed by atoms with Gasteiger partial charge in [0, 0.05) is 11.4 Å². The van der Waals surface area contributed by atoms with Crippen molar-refractivity contribution in [1.82, 2.24) is 5.32 Å². The topological polar surface area (TPSA) is 29.1 Å². The van der Waals surface area contributed by atoms with Crippen LogP contribution >= 0.6 is 23.4 Å². The second-order valence-corrected chi connectivity index (χ2v) is 5.34. The maximum Gasteiger partial charge on any atom is 0.230 e. The largest absolute Gasteiger partial charge is 0.355 e. The van der Waals surface area contributed by atoms with E-state index in [-0.39, 0.29) is 5.91 Å². The summed E-state index contributed by atoms with van der Waals surface area (Å²) in [7, 11) is 0. The van der Waals surface area contributed by atoms with E-state index in [1.807, 2.05) is 24.3 Å². The molecular formula is C12H16ClNOS. The van der Waals surface area contributed by atoms with E-state index >= 15 is 0 Å². The third kappa shape index (κ3) is 4.90. The molecule has 0 unspecified atom stereocenters. The van der Waals surface area contributed by atoms with Crippen LogP contribution in [0.1, 0.15) is 13.8 Å². The van der Waals surface area contributed by atoms with E-state index in [2.05, 4.69) is 19.2 Å². The van der Waals surface area contributed by atoms with Crippen molar-refractivity contribution in [2.24, 2.45) is 5.92 Å². The van der Waals surface area contributed by atoms with E-state index in [0.717, 1.165) is 11.4 Å². The van der Waals surface area contributed by atoms with Crippen molar-refractivity contribution in [3.63, 3.8) is 0 Å². The van der Waals surface area contributed by atoms with Gasteiger partial charge in [0.1, 0.15) is 0 Å². The average Bonchev–Trinajstić information content (AvgIpc) is 2.25. The lowest BCUT2D eigenvalue weighted by molar-refractivity contribution is -0.118. The minimum Gasteiger partial charge on any atom is -0.355 e. The zero-order valence-electron chi connectivity index (χ0n) is 9.50. The van der Waals surface area contributed by atoms with Crippen molar-refractivity contribution in [3.05, 3.63) is 29.3 Å². The monoisotopic (exact) mass is 257 g/mol. The molecule has 16 heavy (non-hydrogen) atoms. The van der Waals surface area contributed by atoms with Gasteiger partial charge in [-0.25, -0.2) is 0 Å². The summed E-state index contributed by atoms with van der Waals surface area (Å²) in [5, 5.41) is 3.57. The molecule has 1 rings (SSSR count). The molecule has 2 nitrogen and oxygen atoms in total. The molecule has 88 valence electrons. The highest BCUT2D eigenvalue weighted by Gasteiger charge is 2.05. The second kappa shape index (κ2) is 6.81. The summed E-state index contributed by atoms with van der Waals surface area (Å²) in [6.45, 7) is 4.87. The Morgan fingerprint density at radius 2 is 2.12 bits per heavy atom. The molecule has 1 aromatic rings. The van der Waals surface area contributed by atoms with Gasteiger partial charge in [0.2, 0.25) is 5.91 Å². The molecule has 0 atom stereocenters. The molecule has 1 amide bonds. The maximum atomic E-state index is 11.5. The lowest BCUT2D eigenvalue weighted by atomic mass is 10.2. The first kappa shape index (κ1) is 13.4. The lowest BCUT2D eigenvalue weighted by Gasteiger charge is -2.07. The molecule has 0 fully saturated rings. The fraction of sp³-hybridized carbons (Fsp3) is 0.417. The highest BCUT2D eigenvalue weighted by Crippen LogP contribution is 2.26. The average molecular weight is 258 g/mol. The first-order chi connectivity index (χ1) is 7.59. The molecule has 1 N–H and O–H groups in total. The van der Waals surface area contributed by atoms with Gasteiger partial charge < -0.3 is 5.32 Å². The number of carbonyl (C=O) groups is 1. The second-order valence-electron chi connectivity index (χ2n) is 3.92. The normalized spacial score (nSPS) is 10.5. The molecule has 0 radical (unpaired) electrons. The van der Waals surface area contributed by atoms with E-state index in [9.17, 15) is 4.79 Å². The molecule has 0 saturated carbocycles. The molecule has 0 heterocycles. The summed E-state index contributed by atoms with van der Waals surface area (Å²) in [5.41, 5.74) is 0. The van der Waals surface area contributed by atoms with Gasteiger partial charge in [-0.1, -0.05) is 37.6 Å². The van der Waals surface area contributed by atoms with Crippen LogP contribution in [0.4, 0.5) is 0 Å². The highest BCUT2D eigenvalue weighted by atomic mass is 35.5. The Morgan fingerprint density at radius 3 is 2.75 bits per heavy atom. The molecule has 0 saturated heterocycles. The molecule has 0 bridgehead atoms. The van der Waals surface area contributed by atoms with Gasteiger partial charge in [0.25, 0.3) is 0 Å². The minimum atomic E-state index is 0.0543. The zero-order chi connectivity index (χ0) is 12.0. The van der Waals surface area contributed by atoms with Crippen LogP contribution in [0.5, 0.6) is 0 Å². The van der Waals surface area contributed by atoms with Crippen LogP contribution in [-0.4, -0.2) is 18.2 Å². The summed E-state index contributed by atoms with van der Waals surface area (Å²) in [5.74, 6) is 0.948. The van der Waals surface area contributed by atoms with E-state index in [4.69, 9.17) is 11.6 Å². The van der Waals surface area contributed by atoms with Gasteiger partial charge in [-0.2, -0.15) is 0 Å². The molecular weight excluding hydrogens is 242 g/mol. The Hall–Kier alpha value is -0.670. The Labute approximate surface area is 106 Å². The van der Waals surface area contributed by atoms with Crippen LogP contribution < -0.4 is 5.32 Å². The van der Waals surface area contributed by atoms with Crippen LogP contribution in [0.3, 0.4) is 0 Å². The fourth-order valence-corrected chi connectivity index (χ4v) is 2.14. The number of amides is 1. The third-order valence-corrected chi connectivity index (χ3v) is 3.42. The van der Waals surface area contributed by atoms with E-state index in [1.54, 1.807) is 0 Å². The van der Waals surface area contributed by atoms with Crippen molar-refractivity contribution in [2.75, 3.05) is 12.3 Å². The maximum absolute atomic E-state index is 11.5. The predicted octanol–water partition coefficient (Wildman–Crippen LogP) is 3.20. The third-order valence-electron chi connectivity index (χ3n) is 1.90. The van der Waals surface area contributed by atoms with Gasteiger partial charge in [0.05, 0.1) is 10.8 Å². The highest BCUT2D eigenvalue weighted by molar-refractivity contribution is 8.00.